The Labute approximate surface area is 165 Å². The van der Waals surface area contributed by atoms with Gasteiger partial charge in [-0.1, -0.05) is 28.1 Å². The van der Waals surface area contributed by atoms with Crippen molar-refractivity contribution in [3.05, 3.63) is 58.7 Å². The average Bonchev–Trinajstić information content (AvgIpc) is 3.31. The summed E-state index contributed by atoms with van der Waals surface area (Å²) < 4.78 is 12.1. The number of benzene rings is 2. The predicted molar refractivity (Wildman–Crippen MR) is 108 cm³/mol. The van der Waals surface area contributed by atoms with Crippen molar-refractivity contribution in [2.45, 2.75) is 13.0 Å². The average molecular weight is 398 g/mol. The van der Waals surface area contributed by atoms with Gasteiger partial charge in [0.15, 0.2) is 10.9 Å². The second-order valence-corrected chi connectivity index (χ2v) is 7.89. The monoisotopic (exact) mass is 397 g/mol. The van der Waals surface area contributed by atoms with E-state index in [9.17, 15) is 0 Å². The minimum atomic E-state index is 0.698. The number of hydrogen-bond donors (Lipinski definition) is 0. The van der Waals surface area contributed by atoms with E-state index in [0.29, 0.717) is 11.6 Å². The molecule has 136 valence electrons. The highest BCUT2D eigenvalue weighted by Crippen LogP contribution is 2.36. The molecule has 0 atom stereocenters. The van der Waals surface area contributed by atoms with Crippen LogP contribution in [0.1, 0.15) is 11.3 Å². The first-order valence-electron chi connectivity index (χ1n) is 8.64. The second kappa shape index (κ2) is 6.55. The van der Waals surface area contributed by atoms with E-state index in [1.54, 1.807) is 18.4 Å². The van der Waals surface area contributed by atoms with Gasteiger partial charge in [0.25, 0.3) is 0 Å². The number of aromatic nitrogens is 2. The van der Waals surface area contributed by atoms with Crippen molar-refractivity contribution in [3.63, 3.8) is 0 Å². The first kappa shape index (κ1) is 16.6. The van der Waals surface area contributed by atoms with E-state index in [4.69, 9.17) is 25.8 Å². The van der Waals surface area contributed by atoms with E-state index >= 15 is 0 Å². The van der Waals surface area contributed by atoms with E-state index in [-0.39, 0.29) is 0 Å². The van der Waals surface area contributed by atoms with Crippen LogP contribution in [0.2, 0.25) is 5.02 Å². The summed E-state index contributed by atoms with van der Waals surface area (Å²) in [6, 6.07) is 13.6. The fourth-order valence-electron chi connectivity index (χ4n) is 3.38. The van der Waals surface area contributed by atoms with Gasteiger partial charge < -0.3 is 14.2 Å². The molecule has 3 heterocycles. The molecular weight excluding hydrogens is 382 g/mol. The van der Waals surface area contributed by atoms with Gasteiger partial charge >= 0.3 is 0 Å². The molecule has 1 aliphatic rings. The molecular formula is C20H16ClN3O2S. The summed E-state index contributed by atoms with van der Waals surface area (Å²) >= 11 is 7.66. The maximum atomic E-state index is 5.99. The van der Waals surface area contributed by atoms with E-state index < -0.39 is 0 Å². The summed E-state index contributed by atoms with van der Waals surface area (Å²) in [5.74, 6) is 1.69. The van der Waals surface area contributed by atoms with Gasteiger partial charge in [0, 0.05) is 22.7 Å². The smallest absolute Gasteiger partial charge is 0.186 e. The van der Waals surface area contributed by atoms with E-state index in [1.165, 1.54) is 5.56 Å². The summed E-state index contributed by atoms with van der Waals surface area (Å²) in [5, 5.41) is 6.03. The Kier molecular flexibility index (Phi) is 4.02. The second-order valence-electron chi connectivity index (χ2n) is 6.45. The van der Waals surface area contributed by atoms with Gasteiger partial charge in [0.2, 0.25) is 0 Å². The van der Waals surface area contributed by atoms with Crippen LogP contribution in [0.5, 0.6) is 5.75 Å². The zero-order valence-electron chi connectivity index (χ0n) is 14.6. The molecule has 5 nitrogen and oxygen atoms in total. The number of nitrogens with zero attached hydrogens (tertiary/aromatic N) is 3. The van der Waals surface area contributed by atoms with Crippen LogP contribution >= 0.6 is 22.9 Å². The largest absolute Gasteiger partial charge is 0.497 e. The number of hydrogen-bond acceptors (Lipinski definition) is 6. The first-order valence-corrected chi connectivity index (χ1v) is 9.83. The van der Waals surface area contributed by atoms with Crippen LogP contribution < -0.4 is 9.64 Å². The molecule has 2 aromatic carbocycles. The van der Waals surface area contributed by atoms with Crippen LogP contribution in [-0.2, 0) is 13.0 Å². The Bertz CT molecular complexity index is 1120. The zero-order valence-corrected chi connectivity index (χ0v) is 16.2. The lowest BCUT2D eigenvalue weighted by atomic mass is 10.0. The third-order valence-corrected chi connectivity index (χ3v) is 6.13. The Morgan fingerprint density at radius 3 is 2.85 bits per heavy atom. The fourth-order valence-corrected chi connectivity index (χ4v) is 4.52. The Hall–Kier alpha value is -2.57. The molecule has 1 aliphatic heterocycles. The summed E-state index contributed by atoms with van der Waals surface area (Å²) in [7, 11) is 1.68. The SMILES string of the molecule is COc1ccc2nc(N3CCc4c(noc4-c4ccc(Cl)cc4)C3)sc2c1. The van der Waals surface area contributed by atoms with Gasteiger partial charge in [-0.25, -0.2) is 4.98 Å². The van der Waals surface area contributed by atoms with Crippen molar-refractivity contribution in [2.75, 3.05) is 18.6 Å². The van der Waals surface area contributed by atoms with E-state index in [2.05, 4.69) is 10.1 Å². The molecule has 7 heteroatoms. The highest BCUT2D eigenvalue weighted by Gasteiger charge is 2.26. The van der Waals surface area contributed by atoms with Gasteiger partial charge in [0.05, 0.1) is 23.9 Å². The lowest BCUT2D eigenvalue weighted by molar-refractivity contribution is 0.415. The van der Waals surface area contributed by atoms with Crippen LogP contribution in [0, 0.1) is 0 Å². The number of methoxy groups -OCH3 is 1. The Morgan fingerprint density at radius 2 is 2.04 bits per heavy atom. The number of fused-ring (bicyclic) bond motifs is 2. The third-order valence-electron chi connectivity index (χ3n) is 4.80. The lowest BCUT2D eigenvalue weighted by Crippen LogP contribution is -2.30. The molecule has 0 saturated carbocycles. The van der Waals surface area contributed by atoms with Crippen molar-refractivity contribution in [1.82, 2.24) is 10.1 Å². The predicted octanol–water partition coefficient (Wildman–Crippen LogP) is 5.18. The highest BCUT2D eigenvalue weighted by atomic mass is 35.5. The van der Waals surface area contributed by atoms with Crippen LogP contribution in [-0.4, -0.2) is 23.8 Å². The lowest BCUT2D eigenvalue weighted by Gasteiger charge is -2.25. The maximum absolute atomic E-state index is 5.99. The molecule has 0 unspecified atom stereocenters. The van der Waals surface area contributed by atoms with Crippen molar-refractivity contribution < 1.29 is 9.26 Å². The number of thiazole rings is 1. The quantitative estimate of drug-likeness (QED) is 0.477. The van der Waals surface area contributed by atoms with Crippen molar-refractivity contribution >= 4 is 38.3 Å². The molecule has 4 aromatic rings. The topological polar surface area (TPSA) is 51.4 Å². The summed E-state index contributed by atoms with van der Waals surface area (Å²) in [4.78, 5) is 7.03. The van der Waals surface area contributed by atoms with Gasteiger partial charge in [-0.2, -0.15) is 0 Å². The number of halogens is 1. The molecule has 0 radical (unpaired) electrons. The minimum Gasteiger partial charge on any atom is -0.497 e. The number of anilines is 1. The summed E-state index contributed by atoms with van der Waals surface area (Å²) in [5.41, 5.74) is 4.15. The zero-order chi connectivity index (χ0) is 18.4. The molecule has 0 fully saturated rings. The number of ether oxygens (including phenoxy) is 1. The standard InChI is InChI=1S/C20H16ClN3O2S/c1-25-14-6-7-16-18(10-14)27-20(22-16)24-9-8-15-17(11-24)23-26-19(15)12-2-4-13(21)5-3-12/h2-7,10H,8-9,11H2,1H3. The molecule has 0 N–H and O–H groups in total. The van der Waals surface area contributed by atoms with Crippen LogP contribution in [0.25, 0.3) is 21.5 Å². The summed E-state index contributed by atoms with van der Waals surface area (Å²) in [6.07, 6.45) is 0.871. The molecule has 2 aromatic heterocycles. The molecule has 0 saturated heterocycles. The summed E-state index contributed by atoms with van der Waals surface area (Å²) in [6.45, 7) is 1.58. The Balaban J connectivity index is 1.44. The fraction of sp³-hybridized carbons (Fsp3) is 0.200. The van der Waals surface area contributed by atoms with Gasteiger partial charge in [-0.3, -0.25) is 0 Å². The van der Waals surface area contributed by atoms with Crippen molar-refractivity contribution in [1.29, 1.82) is 0 Å². The third kappa shape index (κ3) is 2.95. The Morgan fingerprint density at radius 1 is 1.19 bits per heavy atom. The minimum absolute atomic E-state index is 0.698. The van der Waals surface area contributed by atoms with Crippen LogP contribution in [0.3, 0.4) is 0 Å². The van der Waals surface area contributed by atoms with Gasteiger partial charge in [0.1, 0.15) is 11.4 Å². The molecule has 0 spiro atoms. The number of rotatable bonds is 3. The highest BCUT2D eigenvalue weighted by molar-refractivity contribution is 7.22. The molecule has 0 bridgehead atoms. The molecule has 0 aliphatic carbocycles. The van der Waals surface area contributed by atoms with Gasteiger partial charge in [-0.05, 0) is 48.9 Å². The molecule has 27 heavy (non-hydrogen) atoms. The van der Waals surface area contributed by atoms with Gasteiger partial charge in [-0.15, -0.1) is 0 Å². The maximum Gasteiger partial charge on any atom is 0.186 e. The molecule has 5 rings (SSSR count). The van der Waals surface area contributed by atoms with Crippen LogP contribution in [0.15, 0.2) is 47.0 Å². The normalized spacial score (nSPS) is 13.8. The first-order chi connectivity index (χ1) is 13.2. The van der Waals surface area contributed by atoms with Crippen LogP contribution in [0.4, 0.5) is 5.13 Å². The van der Waals surface area contributed by atoms with E-state index in [0.717, 1.165) is 51.1 Å². The van der Waals surface area contributed by atoms with Crippen molar-refractivity contribution in [2.24, 2.45) is 0 Å². The van der Waals surface area contributed by atoms with E-state index in [1.807, 2.05) is 42.5 Å². The molecule has 0 amide bonds. The van der Waals surface area contributed by atoms with Crippen molar-refractivity contribution in [3.8, 4) is 17.1 Å².